The summed E-state index contributed by atoms with van der Waals surface area (Å²) in [5, 5.41) is 17.8. The number of hydrogen-bond acceptors (Lipinski definition) is 3. The molecular formula is C8H11BO3. The normalized spacial score (nSPS) is 9.58. The van der Waals surface area contributed by atoms with E-state index in [2.05, 4.69) is 0 Å². The van der Waals surface area contributed by atoms with Gasteiger partial charge in [0.15, 0.2) is 0 Å². The van der Waals surface area contributed by atoms with E-state index < -0.39 is 0 Å². The Kier molecular flexibility index (Phi) is 3.14. The molecular weight excluding hydrogens is 155 g/mol. The fraction of sp³-hybridized carbons (Fsp3) is 0.250. The van der Waals surface area contributed by atoms with Gasteiger partial charge in [0, 0.05) is 0 Å². The van der Waals surface area contributed by atoms with Crippen LogP contribution in [0.1, 0.15) is 5.56 Å². The first-order valence-electron chi connectivity index (χ1n) is 3.69. The van der Waals surface area contributed by atoms with Gasteiger partial charge >= 0.3 is 7.48 Å². The molecule has 4 heteroatoms. The zero-order chi connectivity index (χ0) is 8.97. The van der Waals surface area contributed by atoms with E-state index in [0.717, 1.165) is 5.46 Å². The lowest BCUT2D eigenvalue weighted by molar-refractivity contribution is 0.282. The zero-order valence-electron chi connectivity index (χ0n) is 6.95. The molecule has 0 aliphatic heterocycles. The fourth-order valence-corrected chi connectivity index (χ4v) is 1.03. The maximum atomic E-state index is 8.90. The molecule has 0 aliphatic carbocycles. The first-order chi connectivity index (χ1) is 5.81. The Morgan fingerprint density at radius 2 is 2.25 bits per heavy atom. The third kappa shape index (κ3) is 1.78. The van der Waals surface area contributed by atoms with E-state index in [1.165, 1.54) is 0 Å². The number of ether oxygens (including phenoxy) is 1. The minimum absolute atomic E-state index is 0.0557. The summed E-state index contributed by atoms with van der Waals surface area (Å²) in [5.41, 5.74) is 1.44. The van der Waals surface area contributed by atoms with E-state index in [4.69, 9.17) is 14.9 Å². The summed E-state index contributed by atoms with van der Waals surface area (Å²) in [6.07, 6.45) is 0. The lowest BCUT2D eigenvalue weighted by Gasteiger charge is -2.05. The van der Waals surface area contributed by atoms with Crippen LogP contribution in [0.5, 0.6) is 5.75 Å². The van der Waals surface area contributed by atoms with Crippen molar-refractivity contribution in [1.82, 2.24) is 0 Å². The van der Waals surface area contributed by atoms with Gasteiger partial charge in [-0.25, -0.2) is 0 Å². The third-order valence-electron chi connectivity index (χ3n) is 1.75. The molecule has 1 aromatic carbocycles. The van der Waals surface area contributed by atoms with Gasteiger partial charge in [0.2, 0.25) is 0 Å². The third-order valence-corrected chi connectivity index (χ3v) is 1.75. The number of aliphatic hydroxyl groups excluding tert-OH is 1. The molecule has 0 heterocycles. The van der Waals surface area contributed by atoms with Crippen LogP contribution in [0.3, 0.4) is 0 Å². The summed E-state index contributed by atoms with van der Waals surface area (Å²) in [7, 11) is 1.51. The van der Waals surface area contributed by atoms with Crippen molar-refractivity contribution in [2.75, 3.05) is 7.11 Å². The predicted octanol–water partition coefficient (Wildman–Crippen LogP) is -0.843. The van der Waals surface area contributed by atoms with Crippen molar-refractivity contribution < 1.29 is 14.9 Å². The fourth-order valence-electron chi connectivity index (χ4n) is 1.03. The van der Waals surface area contributed by atoms with Gasteiger partial charge in [-0.1, -0.05) is 6.07 Å². The molecule has 0 saturated carbocycles. The summed E-state index contributed by atoms with van der Waals surface area (Å²) in [6.45, 7) is -0.0763. The van der Waals surface area contributed by atoms with Crippen molar-refractivity contribution in [2.24, 2.45) is 0 Å². The van der Waals surface area contributed by atoms with Crippen molar-refractivity contribution in [3.63, 3.8) is 0 Å². The SMILES string of the molecule is COc1ccc(BO)c(CO)c1. The molecule has 2 N–H and O–H groups in total. The minimum Gasteiger partial charge on any atom is -0.497 e. The summed E-state index contributed by atoms with van der Waals surface area (Å²) in [4.78, 5) is 0. The number of benzene rings is 1. The van der Waals surface area contributed by atoms with Crippen LogP contribution in [0.2, 0.25) is 0 Å². The average molecular weight is 166 g/mol. The molecule has 0 bridgehead atoms. The van der Waals surface area contributed by atoms with Gasteiger partial charge in [0.1, 0.15) is 5.75 Å². The van der Waals surface area contributed by atoms with E-state index in [0.29, 0.717) is 11.3 Å². The van der Waals surface area contributed by atoms with E-state index in [1.807, 2.05) is 0 Å². The molecule has 64 valence electrons. The number of methoxy groups -OCH3 is 1. The second-order valence-electron chi connectivity index (χ2n) is 2.45. The molecule has 0 saturated heterocycles. The minimum atomic E-state index is -0.0763. The number of aliphatic hydroxyl groups is 1. The Balaban J connectivity index is 3.02. The van der Waals surface area contributed by atoms with E-state index in [-0.39, 0.29) is 14.1 Å². The number of rotatable bonds is 3. The highest BCUT2D eigenvalue weighted by molar-refractivity contribution is 6.46. The molecule has 0 aliphatic rings. The highest BCUT2D eigenvalue weighted by Crippen LogP contribution is 2.10. The molecule has 0 amide bonds. The van der Waals surface area contributed by atoms with Crippen molar-refractivity contribution in [2.45, 2.75) is 6.61 Å². The molecule has 12 heavy (non-hydrogen) atoms. The van der Waals surface area contributed by atoms with Gasteiger partial charge in [-0.3, -0.25) is 0 Å². The average Bonchev–Trinajstić information content (AvgIpc) is 2.16. The lowest BCUT2D eigenvalue weighted by atomic mass is 9.84. The highest BCUT2D eigenvalue weighted by atomic mass is 16.5. The Morgan fingerprint density at radius 1 is 1.50 bits per heavy atom. The van der Waals surface area contributed by atoms with Gasteiger partial charge in [-0.15, -0.1) is 0 Å². The number of hydrogen-bond donors (Lipinski definition) is 2. The van der Waals surface area contributed by atoms with Crippen molar-refractivity contribution in [1.29, 1.82) is 0 Å². The van der Waals surface area contributed by atoms with Crippen LogP contribution < -0.4 is 10.2 Å². The van der Waals surface area contributed by atoms with Crippen molar-refractivity contribution >= 4 is 12.9 Å². The molecule has 1 rings (SSSR count). The van der Waals surface area contributed by atoms with Crippen molar-refractivity contribution in [3.8, 4) is 5.75 Å². The second kappa shape index (κ2) is 4.14. The molecule has 0 unspecified atom stereocenters. The quantitative estimate of drug-likeness (QED) is 0.575. The lowest BCUT2D eigenvalue weighted by Crippen LogP contribution is -2.18. The standard InChI is InChI=1S/C8H11BO3/c1-12-7-2-3-8(9-11)6(4-7)5-10/h2-4,9-11H,5H2,1H3. The maximum Gasteiger partial charge on any atom is 0.305 e. The molecule has 0 spiro atoms. The molecule has 3 nitrogen and oxygen atoms in total. The molecule has 0 aromatic heterocycles. The van der Waals surface area contributed by atoms with Crippen LogP contribution in [0.15, 0.2) is 18.2 Å². The van der Waals surface area contributed by atoms with E-state index in [1.54, 1.807) is 25.3 Å². The van der Waals surface area contributed by atoms with Crippen LogP contribution in [-0.2, 0) is 6.61 Å². The van der Waals surface area contributed by atoms with Gasteiger partial charge in [0.05, 0.1) is 13.7 Å². The van der Waals surface area contributed by atoms with Crippen LogP contribution in [0.4, 0.5) is 0 Å². The van der Waals surface area contributed by atoms with Gasteiger partial charge < -0.3 is 14.9 Å². The first kappa shape index (κ1) is 9.10. The summed E-state index contributed by atoms with van der Waals surface area (Å²) < 4.78 is 4.96. The maximum absolute atomic E-state index is 8.90. The zero-order valence-corrected chi connectivity index (χ0v) is 6.95. The summed E-state index contributed by atoms with van der Waals surface area (Å²) in [6, 6.07) is 5.21. The molecule has 0 radical (unpaired) electrons. The van der Waals surface area contributed by atoms with Crippen molar-refractivity contribution in [3.05, 3.63) is 23.8 Å². The highest BCUT2D eigenvalue weighted by Gasteiger charge is 2.02. The Morgan fingerprint density at radius 3 is 2.75 bits per heavy atom. The van der Waals surface area contributed by atoms with Gasteiger partial charge in [-0.05, 0) is 23.2 Å². The Hall–Kier alpha value is -0.995. The van der Waals surface area contributed by atoms with Gasteiger partial charge in [-0.2, -0.15) is 0 Å². The first-order valence-corrected chi connectivity index (χ1v) is 3.69. The monoisotopic (exact) mass is 166 g/mol. The molecule has 0 atom stereocenters. The topological polar surface area (TPSA) is 49.7 Å². The summed E-state index contributed by atoms with van der Waals surface area (Å²) in [5.74, 6) is 0.691. The van der Waals surface area contributed by atoms with Crippen LogP contribution in [-0.4, -0.2) is 24.7 Å². The Bertz CT molecular complexity index is 262. The molecule has 1 aromatic rings. The molecule has 0 fully saturated rings. The van der Waals surface area contributed by atoms with E-state index in [9.17, 15) is 0 Å². The van der Waals surface area contributed by atoms with Crippen LogP contribution in [0.25, 0.3) is 0 Å². The van der Waals surface area contributed by atoms with Crippen LogP contribution >= 0.6 is 0 Å². The Labute approximate surface area is 71.9 Å². The summed E-state index contributed by atoms with van der Waals surface area (Å²) >= 11 is 0. The van der Waals surface area contributed by atoms with E-state index >= 15 is 0 Å². The van der Waals surface area contributed by atoms with Crippen LogP contribution in [0, 0.1) is 0 Å². The second-order valence-corrected chi connectivity index (χ2v) is 2.45. The van der Waals surface area contributed by atoms with Gasteiger partial charge in [0.25, 0.3) is 0 Å². The predicted molar refractivity (Wildman–Crippen MR) is 47.9 cm³/mol. The largest absolute Gasteiger partial charge is 0.497 e. The smallest absolute Gasteiger partial charge is 0.305 e.